The lowest BCUT2D eigenvalue weighted by molar-refractivity contribution is -0.140. The average Bonchev–Trinajstić information content (AvgIpc) is 3.00. The highest BCUT2D eigenvalue weighted by Crippen LogP contribution is 2.27. The minimum atomic E-state index is -4.22. The Labute approximate surface area is 273 Å². The molecule has 4 rings (SSSR count). The lowest BCUT2D eigenvalue weighted by Crippen LogP contribution is -2.54. The number of hydrogen-bond acceptors (Lipinski definition) is 4. The van der Waals surface area contributed by atoms with E-state index in [4.69, 9.17) is 34.8 Å². The zero-order valence-electron chi connectivity index (χ0n) is 24.2. The summed E-state index contributed by atoms with van der Waals surface area (Å²) in [6.07, 6.45) is 0.196. The van der Waals surface area contributed by atoms with Gasteiger partial charge >= 0.3 is 0 Å². The molecule has 1 atom stereocenters. The van der Waals surface area contributed by atoms with Gasteiger partial charge < -0.3 is 10.2 Å². The zero-order valence-corrected chi connectivity index (χ0v) is 27.2. The smallest absolute Gasteiger partial charge is 0.264 e. The van der Waals surface area contributed by atoms with Crippen LogP contribution in [-0.2, 0) is 32.6 Å². The molecule has 7 nitrogen and oxygen atoms in total. The van der Waals surface area contributed by atoms with Gasteiger partial charge in [0.1, 0.15) is 12.6 Å². The highest BCUT2D eigenvalue weighted by molar-refractivity contribution is 7.92. The van der Waals surface area contributed by atoms with Gasteiger partial charge in [-0.3, -0.25) is 13.9 Å². The third kappa shape index (κ3) is 8.54. The molecule has 4 aromatic rings. The van der Waals surface area contributed by atoms with Crippen molar-refractivity contribution in [2.45, 2.75) is 43.8 Å². The van der Waals surface area contributed by atoms with E-state index in [2.05, 4.69) is 5.32 Å². The fourth-order valence-electron chi connectivity index (χ4n) is 4.63. The SMILES string of the molecule is CC(C)NC(=O)[C@@H](Cc1ccccc1)N(Cc1ccc(Cl)c(Cl)c1)C(=O)CN(c1ccccc1)S(=O)(=O)c1ccc(Cl)cc1. The van der Waals surface area contributed by atoms with Crippen molar-refractivity contribution < 1.29 is 18.0 Å². The number of para-hydroxylation sites is 1. The molecule has 0 aliphatic rings. The lowest BCUT2D eigenvalue weighted by atomic mass is 10.0. The van der Waals surface area contributed by atoms with Crippen LogP contribution in [0.25, 0.3) is 0 Å². The van der Waals surface area contributed by atoms with Gasteiger partial charge in [-0.2, -0.15) is 0 Å². The molecular weight excluding hydrogens is 641 g/mol. The number of rotatable bonds is 12. The van der Waals surface area contributed by atoms with Crippen LogP contribution >= 0.6 is 34.8 Å². The van der Waals surface area contributed by atoms with E-state index >= 15 is 0 Å². The van der Waals surface area contributed by atoms with Gasteiger partial charge in [0.15, 0.2) is 0 Å². The fourth-order valence-corrected chi connectivity index (χ4v) is 6.49. The molecule has 0 saturated carbocycles. The molecule has 44 heavy (non-hydrogen) atoms. The van der Waals surface area contributed by atoms with Crippen LogP contribution in [0.5, 0.6) is 0 Å². The third-order valence-corrected chi connectivity index (χ3v) is 9.54. The molecule has 0 fully saturated rings. The number of anilines is 1. The van der Waals surface area contributed by atoms with E-state index in [1.54, 1.807) is 48.5 Å². The molecule has 0 aliphatic heterocycles. The van der Waals surface area contributed by atoms with Crippen molar-refractivity contribution in [2.24, 2.45) is 0 Å². The number of halogens is 3. The Balaban J connectivity index is 1.80. The van der Waals surface area contributed by atoms with Gasteiger partial charge in [-0.15, -0.1) is 0 Å². The Bertz CT molecular complexity index is 1690. The number of nitrogens with one attached hydrogen (secondary N) is 1. The maximum atomic E-state index is 14.4. The van der Waals surface area contributed by atoms with Crippen molar-refractivity contribution in [3.8, 4) is 0 Å². The van der Waals surface area contributed by atoms with E-state index in [1.165, 1.54) is 29.2 Å². The molecule has 0 aliphatic carbocycles. The highest BCUT2D eigenvalue weighted by Gasteiger charge is 2.34. The summed E-state index contributed by atoms with van der Waals surface area (Å²) in [5.41, 5.74) is 1.74. The molecular formula is C33H32Cl3N3O4S. The monoisotopic (exact) mass is 671 g/mol. The zero-order chi connectivity index (χ0) is 31.9. The maximum Gasteiger partial charge on any atom is 0.264 e. The number of carbonyl (C=O) groups is 2. The average molecular weight is 673 g/mol. The summed E-state index contributed by atoms with van der Waals surface area (Å²) < 4.78 is 29.0. The summed E-state index contributed by atoms with van der Waals surface area (Å²) in [7, 11) is -4.22. The van der Waals surface area contributed by atoms with Crippen LogP contribution in [-0.4, -0.2) is 43.8 Å². The predicted octanol–water partition coefficient (Wildman–Crippen LogP) is 7.01. The Morgan fingerprint density at radius 1 is 0.773 bits per heavy atom. The minimum Gasteiger partial charge on any atom is -0.352 e. The molecule has 230 valence electrons. The van der Waals surface area contributed by atoms with E-state index in [1.807, 2.05) is 44.2 Å². The Hall–Kier alpha value is -3.56. The van der Waals surface area contributed by atoms with Crippen LogP contribution in [0, 0.1) is 0 Å². The molecule has 0 heterocycles. The van der Waals surface area contributed by atoms with Crippen LogP contribution < -0.4 is 9.62 Å². The molecule has 0 radical (unpaired) electrons. The molecule has 4 aromatic carbocycles. The van der Waals surface area contributed by atoms with Gasteiger partial charge in [0.2, 0.25) is 11.8 Å². The second-order valence-corrected chi connectivity index (χ2v) is 13.6. The standard InChI is InChI=1S/C33H32Cl3N3O4S/c1-23(2)37-33(41)31(20-24-9-5-3-6-10-24)38(21-25-13-18-29(35)30(36)19-25)32(40)22-39(27-11-7-4-8-12-27)44(42,43)28-16-14-26(34)15-17-28/h3-19,23,31H,20-22H2,1-2H3,(H,37,41)/t31-/m1/s1. The van der Waals surface area contributed by atoms with Gasteiger partial charge in [0.05, 0.1) is 20.6 Å². The number of nitrogens with zero attached hydrogens (tertiary/aromatic N) is 2. The first-order chi connectivity index (χ1) is 21.0. The second kappa shape index (κ2) is 14.9. The molecule has 0 bridgehead atoms. The van der Waals surface area contributed by atoms with Crippen molar-refractivity contribution in [1.29, 1.82) is 0 Å². The Morgan fingerprint density at radius 3 is 1.98 bits per heavy atom. The first kappa shape index (κ1) is 33.3. The lowest BCUT2D eigenvalue weighted by Gasteiger charge is -2.34. The minimum absolute atomic E-state index is 0.0254. The van der Waals surface area contributed by atoms with Crippen molar-refractivity contribution in [2.75, 3.05) is 10.8 Å². The molecule has 0 aromatic heterocycles. The van der Waals surface area contributed by atoms with E-state index in [0.717, 1.165) is 9.87 Å². The summed E-state index contributed by atoms with van der Waals surface area (Å²) >= 11 is 18.5. The van der Waals surface area contributed by atoms with Gasteiger partial charge in [0, 0.05) is 24.0 Å². The molecule has 1 N–H and O–H groups in total. The van der Waals surface area contributed by atoms with E-state index in [-0.39, 0.29) is 35.5 Å². The summed E-state index contributed by atoms with van der Waals surface area (Å²) in [6, 6.07) is 27.2. The van der Waals surface area contributed by atoms with Crippen LogP contribution in [0.15, 0.2) is 108 Å². The van der Waals surface area contributed by atoms with Gasteiger partial charge in [-0.05, 0) is 73.5 Å². The van der Waals surface area contributed by atoms with E-state index in [0.29, 0.717) is 20.6 Å². The summed E-state index contributed by atoms with van der Waals surface area (Å²) in [5, 5.41) is 3.94. The van der Waals surface area contributed by atoms with Crippen LogP contribution in [0.4, 0.5) is 5.69 Å². The molecule has 0 unspecified atom stereocenters. The quantitative estimate of drug-likeness (QED) is 0.176. The molecule has 0 spiro atoms. The van der Waals surface area contributed by atoms with Gasteiger partial charge in [-0.1, -0.05) is 89.4 Å². The van der Waals surface area contributed by atoms with Crippen molar-refractivity contribution >= 4 is 62.3 Å². The van der Waals surface area contributed by atoms with Crippen LogP contribution in [0.3, 0.4) is 0 Å². The Morgan fingerprint density at radius 2 is 1.39 bits per heavy atom. The number of benzene rings is 4. The van der Waals surface area contributed by atoms with Crippen LogP contribution in [0.2, 0.25) is 15.1 Å². The number of sulfonamides is 1. The summed E-state index contributed by atoms with van der Waals surface area (Å²) in [5.74, 6) is -0.957. The predicted molar refractivity (Wildman–Crippen MR) is 177 cm³/mol. The van der Waals surface area contributed by atoms with E-state index in [9.17, 15) is 18.0 Å². The molecule has 0 saturated heterocycles. The topological polar surface area (TPSA) is 86.8 Å². The highest BCUT2D eigenvalue weighted by atomic mass is 35.5. The Kier molecular flexibility index (Phi) is 11.3. The number of amides is 2. The van der Waals surface area contributed by atoms with Crippen molar-refractivity contribution in [3.63, 3.8) is 0 Å². The molecule has 11 heteroatoms. The second-order valence-electron chi connectivity index (χ2n) is 10.4. The normalized spacial score (nSPS) is 12.0. The van der Waals surface area contributed by atoms with E-state index < -0.39 is 28.5 Å². The van der Waals surface area contributed by atoms with Gasteiger partial charge in [0.25, 0.3) is 10.0 Å². The van der Waals surface area contributed by atoms with Gasteiger partial charge in [-0.25, -0.2) is 8.42 Å². The first-order valence-electron chi connectivity index (χ1n) is 13.9. The van der Waals surface area contributed by atoms with Crippen molar-refractivity contribution in [3.05, 3.63) is 129 Å². The molecule has 2 amide bonds. The fraction of sp³-hybridized carbons (Fsp3) is 0.212. The summed E-state index contributed by atoms with van der Waals surface area (Å²) in [4.78, 5) is 29.5. The number of hydrogen-bond donors (Lipinski definition) is 1. The maximum absolute atomic E-state index is 14.4. The largest absolute Gasteiger partial charge is 0.352 e. The third-order valence-electron chi connectivity index (χ3n) is 6.76. The first-order valence-corrected chi connectivity index (χ1v) is 16.4. The van der Waals surface area contributed by atoms with Crippen LogP contribution in [0.1, 0.15) is 25.0 Å². The van der Waals surface area contributed by atoms with Crippen molar-refractivity contribution in [1.82, 2.24) is 10.2 Å². The number of carbonyl (C=O) groups excluding carboxylic acids is 2. The summed E-state index contributed by atoms with van der Waals surface area (Å²) in [6.45, 7) is 3.07.